The van der Waals surface area contributed by atoms with E-state index >= 15 is 0 Å². The lowest BCUT2D eigenvalue weighted by atomic mass is 10.3. The van der Waals surface area contributed by atoms with Gasteiger partial charge in [0.15, 0.2) is 0 Å². The predicted octanol–water partition coefficient (Wildman–Crippen LogP) is 0.831. The SMILES string of the molecule is NC(=O)c1ccc(N)c(NCc2cscn2)n1. The van der Waals surface area contributed by atoms with Crippen molar-refractivity contribution in [2.45, 2.75) is 6.54 Å². The third-order valence-electron chi connectivity index (χ3n) is 2.10. The molecule has 2 aromatic heterocycles. The minimum atomic E-state index is -0.582. The molecular formula is C10H11N5OS. The van der Waals surface area contributed by atoms with Gasteiger partial charge >= 0.3 is 0 Å². The zero-order valence-electron chi connectivity index (χ0n) is 8.88. The van der Waals surface area contributed by atoms with Gasteiger partial charge in [0.25, 0.3) is 5.91 Å². The smallest absolute Gasteiger partial charge is 0.267 e. The van der Waals surface area contributed by atoms with E-state index < -0.39 is 5.91 Å². The second kappa shape index (κ2) is 4.79. The maximum Gasteiger partial charge on any atom is 0.267 e. The molecule has 2 rings (SSSR count). The zero-order chi connectivity index (χ0) is 12.3. The van der Waals surface area contributed by atoms with E-state index in [9.17, 15) is 4.79 Å². The quantitative estimate of drug-likeness (QED) is 0.744. The number of nitrogen functional groups attached to an aromatic ring is 1. The van der Waals surface area contributed by atoms with E-state index in [4.69, 9.17) is 11.5 Å². The van der Waals surface area contributed by atoms with Crippen molar-refractivity contribution in [2.24, 2.45) is 5.73 Å². The van der Waals surface area contributed by atoms with E-state index in [1.807, 2.05) is 5.38 Å². The lowest BCUT2D eigenvalue weighted by Gasteiger charge is -2.07. The van der Waals surface area contributed by atoms with Crippen LogP contribution in [-0.4, -0.2) is 15.9 Å². The summed E-state index contributed by atoms with van der Waals surface area (Å²) in [6, 6.07) is 3.09. The van der Waals surface area contributed by atoms with Crippen molar-refractivity contribution in [1.82, 2.24) is 9.97 Å². The van der Waals surface area contributed by atoms with E-state index in [0.717, 1.165) is 5.69 Å². The number of carbonyl (C=O) groups excluding carboxylic acids is 1. The molecule has 2 aromatic rings. The first kappa shape index (κ1) is 11.3. The fourth-order valence-electron chi connectivity index (χ4n) is 1.25. The number of primary amides is 1. The molecule has 7 heteroatoms. The highest BCUT2D eigenvalue weighted by molar-refractivity contribution is 7.07. The van der Waals surface area contributed by atoms with Crippen LogP contribution in [0, 0.1) is 0 Å². The standard InChI is InChI=1S/C10H11N5OS/c11-7-1-2-8(9(12)16)15-10(7)13-3-6-4-17-5-14-6/h1-2,4-5H,3,11H2,(H2,12,16)(H,13,15). The van der Waals surface area contributed by atoms with Gasteiger partial charge in [-0.1, -0.05) is 0 Å². The number of thiazole rings is 1. The Bertz CT molecular complexity index is 525. The highest BCUT2D eigenvalue weighted by Gasteiger charge is 2.07. The molecule has 0 spiro atoms. The number of rotatable bonds is 4. The molecule has 0 radical (unpaired) electrons. The second-order valence-electron chi connectivity index (χ2n) is 3.33. The molecule has 0 bridgehead atoms. The first-order valence-corrected chi connectivity index (χ1v) is 5.78. The van der Waals surface area contributed by atoms with Crippen LogP contribution in [0.15, 0.2) is 23.0 Å². The Hall–Kier alpha value is -2.15. The van der Waals surface area contributed by atoms with Crippen molar-refractivity contribution in [3.8, 4) is 0 Å². The fraction of sp³-hybridized carbons (Fsp3) is 0.100. The largest absolute Gasteiger partial charge is 0.396 e. The van der Waals surface area contributed by atoms with Crippen molar-refractivity contribution >= 4 is 28.7 Å². The fourth-order valence-corrected chi connectivity index (χ4v) is 1.81. The number of carbonyl (C=O) groups is 1. The molecule has 0 saturated carbocycles. The van der Waals surface area contributed by atoms with Crippen LogP contribution >= 0.6 is 11.3 Å². The monoisotopic (exact) mass is 249 g/mol. The van der Waals surface area contributed by atoms with E-state index in [0.29, 0.717) is 18.1 Å². The van der Waals surface area contributed by atoms with Crippen LogP contribution in [-0.2, 0) is 6.54 Å². The van der Waals surface area contributed by atoms with E-state index in [1.54, 1.807) is 11.6 Å². The first-order chi connectivity index (χ1) is 8.16. The van der Waals surface area contributed by atoms with E-state index in [2.05, 4.69) is 15.3 Å². The van der Waals surface area contributed by atoms with Crippen LogP contribution < -0.4 is 16.8 Å². The molecule has 0 aliphatic heterocycles. The zero-order valence-corrected chi connectivity index (χ0v) is 9.70. The number of nitrogens with one attached hydrogen (secondary N) is 1. The Balaban J connectivity index is 2.14. The molecule has 0 fully saturated rings. The van der Waals surface area contributed by atoms with Gasteiger partial charge in [0.2, 0.25) is 0 Å². The summed E-state index contributed by atoms with van der Waals surface area (Å²) in [6.45, 7) is 0.503. The normalized spacial score (nSPS) is 10.1. The molecule has 0 aliphatic rings. The predicted molar refractivity (Wildman–Crippen MR) is 66.6 cm³/mol. The van der Waals surface area contributed by atoms with Crippen LogP contribution in [0.2, 0.25) is 0 Å². The molecule has 88 valence electrons. The number of aromatic nitrogens is 2. The number of hydrogen-bond acceptors (Lipinski definition) is 6. The summed E-state index contributed by atoms with van der Waals surface area (Å²) in [5.41, 5.74) is 14.2. The Labute approximate surface area is 102 Å². The summed E-state index contributed by atoms with van der Waals surface area (Å²) < 4.78 is 0. The van der Waals surface area contributed by atoms with Crippen molar-refractivity contribution in [3.05, 3.63) is 34.4 Å². The molecule has 0 saturated heterocycles. The van der Waals surface area contributed by atoms with Crippen molar-refractivity contribution in [1.29, 1.82) is 0 Å². The Morgan fingerprint density at radius 1 is 1.47 bits per heavy atom. The molecular weight excluding hydrogens is 238 g/mol. The number of anilines is 2. The van der Waals surface area contributed by atoms with Gasteiger partial charge in [-0.15, -0.1) is 11.3 Å². The van der Waals surface area contributed by atoms with Crippen LogP contribution in [0.3, 0.4) is 0 Å². The topological polar surface area (TPSA) is 107 Å². The highest BCUT2D eigenvalue weighted by atomic mass is 32.1. The number of nitrogens with zero attached hydrogens (tertiary/aromatic N) is 2. The third kappa shape index (κ3) is 2.70. The molecule has 17 heavy (non-hydrogen) atoms. The minimum absolute atomic E-state index is 0.181. The van der Waals surface area contributed by atoms with Crippen LogP contribution in [0.4, 0.5) is 11.5 Å². The molecule has 0 atom stereocenters. The molecule has 0 aromatic carbocycles. The maximum atomic E-state index is 11.0. The summed E-state index contributed by atoms with van der Waals surface area (Å²) >= 11 is 1.51. The third-order valence-corrected chi connectivity index (χ3v) is 2.73. The van der Waals surface area contributed by atoms with Gasteiger partial charge in [-0.25, -0.2) is 9.97 Å². The van der Waals surface area contributed by atoms with Gasteiger partial charge in [-0.3, -0.25) is 4.79 Å². The van der Waals surface area contributed by atoms with E-state index in [-0.39, 0.29) is 5.69 Å². The Morgan fingerprint density at radius 2 is 2.29 bits per heavy atom. The average Bonchev–Trinajstić information content (AvgIpc) is 2.80. The summed E-state index contributed by atoms with van der Waals surface area (Å²) in [6.07, 6.45) is 0. The van der Waals surface area contributed by atoms with Gasteiger partial charge in [0.1, 0.15) is 11.5 Å². The number of nitrogens with two attached hydrogens (primary N) is 2. The van der Waals surface area contributed by atoms with Crippen molar-refractivity contribution < 1.29 is 4.79 Å². The Kier molecular flexibility index (Phi) is 3.20. The summed E-state index contributed by atoms with van der Waals surface area (Å²) in [5.74, 6) is -0.143. The molecule has 2 heterocycles. The number of amides is 1. The van der Waals surface area contributed by atoms with Crippen LogP contribution in [0.25, 0.3) is 0 Å². The molecule has 0 aliphatic carbocycles. The van der Waals surface area contributed by atoms with Gasteiger partial charge in [-0.05, 0) is 12.1 Å². The van der Waals surface area contributed by atoms with Crippen LogP contribution in [0.1, 0.15) is 16.2 Å². The number of hydrogen-bond donors (Lipinski definition) is 3. The van der Waals surface area contributed by atoms with Crippen molar-refractivity contribution in [3.63, 3.8) is 0 Å². The molecule has 5 N–H and O–H groups in total. The summed E-state index contributed by atoms with van der Waals surface area (Å²) in [4.78, 5) is 19.1. The van der Waals surface area contributed by atoms with Gasteiger partial charge < -0.3 is 16.8 Å². The van der Waals surface area contributed by atoms with Gasteiger partial charge in [0, 0.05) is 5.38 Å². The average molecular weight is 249 g/mol. The summed E-state index contributed by atoms with van der Waals surface area (Å²) in [7, 11) is 0. The van der Waals surface area contributed by atoms with E-state index in [1.165, 1.54) is 17.4 Å². The molecule has 6 nitrogen and oxygen atoms in total. The van der Waals surface area contributed by atoms with Crippen molar-refractivity contribution in [2.75, 3.05) is 11.1 Å². The lowest BCUT2D eigenvalue weighted by Crippen LogP contribution is -2.15. The highest BCUT2D eigenvalue weighted by Crippen LogP contribution is 2.16. The lowest BCUT2D eigenvalue weighted by molar-refractivity contribution is 0.0996. The first-order valence-electron chi connectivity index (χ1n) is 4.84. The maximum absolute atomic E-state index is 11.0. The van der Waals surface area contributed by atoms with Crippen LogP contribution in [0.5, 0.6) is 0 Å². The molecule has 0 unspecified atom stereocenters. The van der Waals surface area contributed by atoms with Gasteiger partial charge in [-0.2, -0.15) is 0 Å². The number of pyridine rings is 1. The minimum Gasteiger partial charge on any atom is -0.396 e. The summed E-state index contributed by atoms with van der Waals surface area (Å²) in [5, 5.41) is 4.93. The second-order valence-corrected chi connectivity index (χ2v) is 4.05. The van der Waals surface area contributed by atoms with Gasteiger partial charge in [0.05, 0.1) is 23.4 Å². The Morgan fingerprint density at radius 3 is 2.94 bits per heavy atom. The molecule has 1 amide bonds.